The van der Waals surface area contributed by atoms with Gasteiger partial charge in [-0.2, -0.15) is 0 Å². The predicted molar refractivity (Wildman–Crippen MR) is 69.3 cm³/mol. The fourth-order valence-electron chi connectivity index (χ4n) is 1.30. The highest BCUT2D eigenvalue weighted by Gasteiger charge is 2.21. The van der Waals surface area contributed by atoms with Crippen LogP contribution in [0.4, 0.5) is 0 Å². The van der Waals surface area contributed by atoms with Gasteiger partial charge in [-0.05, 0) is 34.5 Å². The summed E-state index contributed by atoms with van der Waals surface area (Å²) in [5.74, 6) is -2.41. The molecule has 0 saturated carbocycles. The monoisotopic (exact) mass is 329 g/mol. The highest BCUT2D eigenvalue weighted by Crippen LogP contribution is 2.07. The van der Waals surface area contributed by atoms with E-state index < -0.39 is 23.8 Å². The molecule has 0 aromatic carbocycles. The summed E-state index contributed by atoms with van der Waals surface area (Å²) in [6, 6.07) is 1.90. The Bertz CT molecular complexity index is 489. The van der Waals surface area contributed by atoms with E-state index in [0.29, 0.717) is 4.60 Å². The third kappa shape index (κ3) is 5.04. The van der Waals surface area contributed by atoms with Crippen molar-refractivity contribution in [3.8, 4) is 0 Å². The maximum Gasteiger partial charge on any atom is 0.326 e. The molecule has 0 aliphatic carbocycles. The van der Waals surface area contributed by atoms with Gasteiger partial charge < -0.3 is 16.2 Å². The third-order valence-electron chi connectivity index (χ3n) is 2.27. The number of halogens is 1. The van der Waals surface area contributed by atoms with E-state index in [1.807, 2.05) is 0 Å². The van der Waals surface area contributed by atoms with Gasteiger partial charge in [0, 0.05) is 12.6 Å². The molecule has 8 heteroatoms. The average molecular weight is 330 g/mol. The van der Waals surface area contributed by atoms with Crippen molar-refractivity contribution in [1.29, 1.82) is 0 Å². The van der Waals surface area contributed by atoms with Crippen molar-refractivity contribution >= 4 is 33.7 Å². The maximum atomic E-state index is 11.8. The minimum absolute atomic E-state index is 0.0552. The lowest BCUT2D eigenvalue weighted by Gasteiger charge is -2.13. The van der Waals surface area contributed by atoms with E-state index in [4.69, 9.17) is 10.8 Å². The predicted octanol–water partition coefficient (Wildman–Crippen LogP) is 0.293. The molecule has 2 amide bonds. The second kappa shape index (κ2) is 6.83. The first-order valence-electron chi connectivity index (χ1n) is 5.33. The molecule has 0 unspecified atom stereocenters. The molecule has 0 radical (unpaired) electrons. The van der Waals surface area contributed by atoms with Gasteiger partial charge >= 0.3 is 5.97 Å². The van der Waals surface area contributed by atoms with Gasteiger partial charge in [-0.1, -0.05) is 0 Å². The molecule has 0 spiro atoms. The van der Waals surface area contributed by atoms with E-state index >= 15 is 0 Å². The molecular weight excluding hydrogens is 318 g/mol. The van der Waals surface area contributed by atoms with Crippen LogP contribution < -0.4 is 11.1 Å². The van der Waals surface area contributed by atoms with Crippen LogP contribution in [-0.2, 0) is 9.59 Å². The van der Waals surface area contributed by atoms with E-state index in [-0.39, 0.29) is 18.4 Å². The Labute approximate surface area is 117 Å². The van der Waals surface area contributed by atoms with E-state index in [1.165, 1.54) is 12.3 Å². The van der Waals surface area contributed by atoms with E-state index in [2.05, 4.69) is 26.2 Å². The zero-order valence-corrected chi connectivity index (χ0v) is 11.4. The maximum absolute atomic E-state index is 11.8. The largest absolute Gasteiger partial charge is 0.480 e. The zero-order valence-electron chi connectivity index (χ0n) is 9.80. The van der Waals surface area contributed by atoms with E-state index in [0.717, 1.165) is 0 Å². The molecule has 1 heterocycles. The summed E-state index contributed by atoms with van der Waals surface area (Å²) in [6.07, 6.45) is 1.14. The van der Waals surface area contributed by atoms with E-state index in [1.54, 1.807) is 6.07 Å². The standard InChI is InChI=1S/C11H12BrN3O4/c12-8-3-1-6(5-14-8)10(17)15-7(11(18)19)2-4-9(13)16/h1,3,5,7H,2,4H2,(H2,13,16)(H,15,17)(H,18,19)/t7-/m1/s1. The van der Waals surface area contributed by atoms with Gasteiger partial charge in [0.25, 0.3) is 5.91 Å². The van der Waals surface area contributed by atoms with Crippen molar-refractivity contribution in [2.45, 2.75) is 18.9 Å². The fraction of sp³-hybridized carbons (Fsp3) is 0.273. The van der Waals surface area contributed by atoms with Crippen LogP contribution in [0.2, 0.25) is 0 Å². The number of carbonyl (C=O) groups excluding carboxylic acids is 2. The first-order valence-corrected chi connectivity index (χ1v) is 6.13. The number of hydrogen-bond acceptors (Lipinski definition) is 4. The van der Waals surface area contributed by atoms with Crippen LogP contribution in [0.15, 0.2) is 22.9 Å². The number of pyridine rings is 1. The lowest BCUT2D eigenvalue weighted by Crippen LogP contribution is -2.41. The number of hydrogen-bond donors (Lipinski definition) is 3. The lowest BCUT2D eigenvalue weighted by atomic mass is 10.1. The summed E-state index contributed by atoms with van der Waals surface area (Å²) < 4.78 is 0.563. The number of carbonyl (C=O) groups is 3. The van der Waals surface area contributed by atoms with Crippen molar-refractivity contribution in [2.24, 2.45) is 5.73 Å². The Morgan fingerprint density at radius 3 is 2.58 bits per heavy atom. The molecule has 102 valence electrons. The zero-order chi connectivity index (χ0) is 14.4. The van der Waals surface area contributed by atoms with E-state index in [9.17, 15) is 14.4 Å². The molecular formula is C11H12BrN3O4. The topological polar surface area (TPSA) is 122 Å². The summed E-state index contributed by atoms with van der Waals surface area (Å²) in [6.45, 7) is 0. The van der Waals surface area contributed by atoms with Crippen molar-refractivity contribution in [1.82, 2.24) is 10.3 Å². The molecule has 4 N–H and O–H groups in total. The van der Waals surface area contributed by atoms with Crippen molar-refractivity contribution < 1.29 is 19.5 Å². The molecule has 0 aliphatic rings. The lowest BCUT2D eigenvalue weighted by molar-refractivity contribution is -0.139. The minimum atomic E-state index is -1.22. The van der Waals surface area contributed by atoms with Crippen LogP contribution in [0, 0.1) is 0 Å². The molecule has 0 aliphatic heterocycles. The normalized spacial score (nSPS) is 11.6. The van der Waals surface area contributed by atoms with Gasteiger partial charge in [0.05, 0.1) is 5.56 Å². The van der Waals surface area contributed by atoms with Gasteiger partial charge in [0.15, 0.2) is 0 Å². The van der Waals surface area contributed by atoms with Gasteiger partial charge in [0.1, 0.15) is 10.6 Å². The number of nitrogens with one attached hydrogen (secondary N) is 1. The summed E-state index contributed by atoms with van der Waals surface area (Å²) in [5.41, 5.74) is 5.17. The SMILES string of the molecule is NC(=O)CC[C@@H](NC(=O)c1ccc(Br)nc1)C(=O)O. The first-order chi connectivity index (χ1) is 8.90. The summed E-state index contributed by atoms with van der Waals surface area (Å²) in [7, 11) is 0. The third-order valence-corrected chi connectivity index (χ3v) is 2.74. The van der Waals surface area contributed by atoms with Crippen molar-refractivity contribution in [2.75, 3.05) is 0 Å². The Morgan fingerprint density at radius 1 is 1.42 bits per heavy atom. The summed E-state index contributed by atoms with van der Waals surface area (Å²) in [5, 5.41) is 11.2. The molecule has 7 nitrogen and oxygen atoms in total. The van der Waals surface area contributed by atoms with Gasteiger partial charge in [-0.25, -0.2) is 9.78 Å². The molecule has 0 fully saturated rings. The number of carboxylic acids is 1. The highest BCUT2D eigenvalue weighted by atomic mass is 79.9. The second-order valence-corrected chi connectivity index (χ2v) is 4.55. The summed E-state index contributed by atoms with van der Waals surface area (Å²) in [4.78, 5) is 37.2. The Morgan fingerprint density at radius 2 is 2.11 bits per heavy atom. The fourth-order valence-corrected chi connectivity index (χ4v) is 1.53. The number of primary amides is 1. The smallest absolute Gasteiger partial charge is 0.326 e. The number of rotatable bonds is 6. The Balaban J connectivity index is 2.68. The highest BCUT2D eigenvalue weighted by molar-refractivity contribution is 9.10. The Hall–Kier alpha value is -1.96. The molecule has 19 heavy (non-hydrogen) atoms. The number of amides is 2. The number of nitrogens with two attached hydrogens (primary N) is 1. The number of carboxylic acid groups (broad SMARTS) is 1. The molecule has 0 saturated heterocycles. The molecule has 1 aromatic heterocycles. The van der Waals surface area contributed by atoms with Gasteiger partial charge in [0.2, 0.25) is 5.91 Å². The minimum Gasteiger partial charge on any atom is -0.480 e. The van der Waals surface area contributed by atoms with Crippen LogP contribution in [-0.4, -0.2) is 33.9 Å². The first kappa shape index (κ1) is 15.1. The molecule has 0 bridgehead atoms. The number of nitrogens with zero attached hydrogens (tertiary/aromatic N) is 1. The van der Waals surface area contributed by atoms with Crippen LogP contribution >= 0.6 is 15.9 Å². The quantitative estimate of drug-likeness (QED) is 0.647. The molecule has 1 rings (SSSR count). The van der Waals surface area contributed by atoms with Crippen molar-refractivity contribution in [3.63, 3.8) is 0 Å². The Kier molecular flexibility index (Phi) is 5.43. The van der Waals surface area contributed by atoms with Crippen LogP contribution in [0.25, 0.3) is 0 Å². The molecule has 1 atom stereocenters. The average Bonchev–Trinajstić information content (AvgIpc) is 2.34. The van der Waals surface area contributed by atoms with Crippen LogP contribution in [0.3, 0.4) is 0 Å². The van der Waals surface area contributed by atoms with Crippen LogP contribution in [0.1, 0.15) is 23.2 Å². The number of aliphatic carboxylic acids is 1. The number of aromatic nitrogens is 1. The van der Waals surface area contributed by atoms with Gasteiger partial charge in [-0.15, -0.1) is 0 Å². The van der Waals surface area contributed by atoms with Crippen molar-refractivity contribution in [3.05, 3.63) is 28.5 Å². The van der Waals surface area contributed by atoms with Gasteiger partial charge in [-0.3, -0.25) is 9.59 Å². The molecule has 1 aromatic rings. The second-order valence-electron chi connectivity index (χ2n) is 3.74. The summed E-state index contributed by atoms with van der Waals surface area (Å²) >= 11 is 3.12. The van der Waals surface area contributed by atoms with Crippen LogP contribution in [0.5, 0.6) is 0 Å².